The molecule has 0 saturated carbocycles. The molecule has 0 aromatic carbocycles. The molecule has 0 bridgehead atoms. The highest BCUT2D eigenvalue weighted by Crippen LogP contribution is 2.25. The van der Waals surface area contributed by atoms with Gasteiger partial charge in [0.15, 0.2) is 5.01 Å². The van der Waals surface area contributed by atoms with Gasteiger partial charge in [-0.05, 0) is 13.5 Å². The number of aromatic nitrogens is 2. The topological polar surface area (TPSA) is 37.8 Å². The fraction of sp³-hybridized carbons (Fsp3) is 0.714. The van der Waals surface area contributed by atoms with E-state index < -0.39 is 6.43 Å². The van der Waals surface area contributed by atoms with Gasteiger partial charge >= 0.3 is 0 Å². The van der Waals surface area contributed by atoms with E-state index in [1.165, 1.54) is 0 Å². The summed E-state index contributed by atoms with van der Waals surface area (Å²) in [7, 11) is 0. The average Bonchev–Trinajstić information content (AvgIpc) is 2.52. The summed E-state index contributed by atoms with van der Waals surface area (Å²) in [5.41, 5.74) is 0. The van der Waals surface area contributed by atoms with E-state index in [0.29, 0.717) is 5.01 Å². The van der Waals surface area contributed by atoms with Crippen LogP contribution in [0.4, 0.5) is 8.78 Å². The van der Waals surface area contributed by atoms with Gasteiger partial charge in [0.25, 0.3) is 6.43 Å². The minimum Gasteiger partial charge on any atom is -0.308 e. The third kappa shape index (κ3) is 2.67. The maximum absolute atomic E-state index is 12.1. The normalized spacial score (nSPS) is 13.6. The summed E-state index contributed by atoms with van der Waals surface area (Å²) in [6.07, 6.45) is -2.51. The first-order valence-corrected chi connectivity index (χ1v) is 4.81. The second-order valence-corrected chi connectivity index (χ2v) is 3.60. The van der Waals surface area contributed by atoms with Gasteiger partial charge in [0.05, 0.1) is 6.04 Å². The Hall–Kier alpha value is -0.620. The molecule has 1 aromatic rings. The zero-order chi connectivity index (χ0) is 9.84. The van der Waals surface area contributed by atoms with Crippen molar-refractivity contribution in [2.45, 2.75) is 26.3 Å². The molecule has 1 rings (SSSR count). The van der Waals surface area contributed by atoms with Crippen molar-refractivity contribution < 1.29 is 8.78 Å². The number of alkyl halides is 2. The van der Waals surface area contributed by atoms with Crippen LogP contribution in [0.5, 0.6) is 0 Å². The molecule has 13 heavy (non-hydrogen) atoms. The van der Waals surface area contributed by atoms with Gasteiger partial charge in [-0.1, -0.05) is 18.3 Å². The van der Waals surface area contributed by atoms with Gasteiger partial charge in [0.1, 0.15) is 5.01 Å². The maximum Gasteiger partial charge on any atom is 0.291 e. The van der Waals surface area contributed by atoms with Crippen molar-refractivity contribution in [1.82, 2.24) is 15.5 Å². The van der Waals surface area contributed by atoms with Crippen LogP contribution >= 0.6 is 11.3 Å². The molecule has 0 radical (unpaired) electrons. The van der Waals surface area contributed by atoms with E-state index in [2.05, 4.69) is 15.5 Å². The molecule has 0 aliphatic heterocycles. The number of hydrogen-bond acceptors (Lipinski definition) is 4. The van der Waals surface area contributed by atoms with Gasteiger partial charge < -0.3 is 5.32 Å². The first-order valence-electron chi connectivity index (χ1n) is 4.00. The Morgan fingerprint density at radius 1 is 1.38 bits per heavy atom. The van der Waals surface area contributed by atoms with Crippen molar-refractivity contribution in [2.75, 3.05) is 6.54 Å². The molecule has 0 saturated heterocycles. The lowest BCUT2D eigenvalue weighted by molar-refractivity contribution is 0.150. The average molecular weight is 207 g/mol. The molecule has 3 nitrogen and oxygen atoms in total. The summed E-state index contributed by atoms with van der Waals surface area (Å²) < 4.78 is 24.2. The van der Waals surface area contributed by atoms with Gasteiger partial charge in [-0.25, -0.2) is 8.78 Å². The highest BCUT2D eigenvalue weighted by molar-refractivity contribution is 7.11. The molecule has 1 heterocycles. The molecule has 0 spiro atoms. The Bertz CT molecular complexity index is 264. The van der Waals surface area contributed by atoms with Crippen molar-refractivity contribution in [3.05, 3.63) is 10.0 Å². The zero-order valence-electron chi connectivity index (χ0n) is 7.42. The molecule has 0 amide bonds. The van der Waals surface area contributed by atoms with Crippen LogP contribution in [0.25, 0.3) is 0 Å². The molecule has 0 aliphatic carbocycles. The van der Waals surface area contributed by atoms with E-state index in [0.717, 1.165) is 17.9 Å². The third-order valence-corrected chi connectivity index (χ3v) is 2.64. The second-order valence-electron chi connectivity index (χ2n) is 2.56. The van der Waals surface area contributed by atoms with Crippen molar-refractivity contribution in [1.29, 1.82) is 0 Å². The molecule has 1 atom stereocenters. The largest absolute Gasteiger partial charge is 0.308 e. The molecule has 1 aromatic heterocycles. The van der Waals surface area contributed by atoms with Crippen LogP contribution in [-0.2, 0) is 0 Å². The van der Waals surface area contributed by atoms with E-state index in [-0.39, 0.29) is 11.0 Å². The maximum atomic E-state index is 12.1. The first kappa shape index (κ1) is 10.5. The minimum absolute atomic E-state index is 0.00463. The Morgan fingerprint density at radius 3 is 2.46 bits per heavy atom. The summed E-state index contributed by atoms with van der Waals surface area (Å²) >= 11 is 0.954. The molecule has 1 unspecified atom stereocenters. The number of hydrogen-bond donors (Lipinski definition) is 1. The Kier molecular flexibility index (Phi) is 3.68. The quantitative estimate of drug-likeness (QED) is 0.822. The number of nitrogens with one attached hydrogen (secondary N) is 1. The Labute approximate surface area is 79.2 Å². The van der Waals surface area contributed by atoms with Crippen LogP contribution in [0.3, 0.4) is 0 Å². The summed E-state index contributed by atoms with van der Waals surface area (Å²) in [6.45, 7) is 4.61. The highest BCUT2D eigenvalue weighted by Gasteiger charge is 2.16. The van der Waals surface area contributed by atoms with Crippen LogP contribution < -0.4 is 5.32 Å². The highest BCUT2D eigenvalue weighted by atomic mass is 32.1. The number of nitrogens with zero attached hydrogens (tertiary/aromatic N) is 2. The van der Waals surface area contributed by atoms with Crippen molar-refractivity contribution in [3.63, 3.8) is 0 Å². The van der Waals surface area contributed by atoms with E-state index in [1.807, 2.05) is 13.8 Å². The summed E-state index contributed by atoms with van der Waals surface area (Å²) in [4.78, 5) is 0. The van der Waals surface area contributed by atoms with Gasteiger partial charge in [-0.2, -0.15) is 0 Å². The summed E-state index contributed by atoms with van der Waals surface area (Å²) in [5, 5.41) is 10.6. The fourth-order valence-electron chi connectivity index (χ4n) is 0.903. The monoisotopic (exact) mass is 207 g/mol. The van der Waals surface area contributed by atoms with E-state index >= 15 is 0 Å². The van der Waals surface area contributed by atoms with Crippen LogP contribution in [0.2, 0.25) is 0 Å². The SMILES string of the molecule is CCNC(C)c1nnc(C(F)F)s1. The van der Waals surface area contributed by atoms with E-state index in [9.17, 15) is 8.78 Å². The lowest BCUT2D eigenvalue weighted by Gasteiger charge is -2.06. The van der Waals surface area contributed by atoms with Crippen molar-refractivity contribution in [2.24, 2.45) is 0 Å². The second kappa shape index (κ2) is 4.57. The number of halogens is 2. The molecule has 6 heteroatoms. The van der Waals surface area contributed by atoms with Crippen molar-refractivity contribution in [3.8, 4) is 0 Å². The molecule has 74 valence electrons. The predicted octanol–water partition coefficient (Wildman–Crippen LogP) is 2.15. The first-order chi connectivity index (χ1) is 6.15. The van der Waals surface area contributed by atoms with E-state index in [4.69, 9.17) is 0 Å². The predicted molar refractivity (Wildman–Crippen MR) is 47.0 cm³/mol. The Morgan fingerprint density at radius 2 is 2.00 bits per heavy atom. The van der Waals surface area contributed by atoms with Crippen LogP contribution in [0, 0.1) is 0 Å². The van der Waals surface area contributed by atoms with Crippen LogP contribution in [0.1, 0.15) is 36.3 Å². The lowest BCUT2D eigenvalue weighted by Crippen LogP contribution is -2.17. The van der Waals surface area contributed by atoms with Gasteiger partial charge in [-0.15, -0.1) is 10.2 Å². The lowest BCUT2D eigenvalue weighted by atomic mass is 10.3. The molecule has 0 aliphatic rings. The third-order valence-electron chi connectivity index (χ3n) is 1.52. The van der Waals surface area contributed by atoms with Crippen LogP contribution in [0.15, 0.2) is 0 Å². The number of rotatable bonds is 4. The smallest absolute Gasteiger partial charge is 0.291 e. The van der Waals surface area contributed by atoms with Gasteiger partial charge in [0.2, 0.25) is 0 Å². The fourth-order valence-corrected chi connectivity index (χ4v) is 1.63. The zero-order valence-corrected chi connectivity index (χ0v) is 8.24. The van der Waals surface area contributed by atoms with E-state index in [1.54, 1.807) is 0 Å². The van der Waals surface area contributed by atoms with Crippen LogP contribution in [-0.4, -0.2) is 16.7 Å². The van der Waals surface area contributed by atoms with Crippen molar-refractivity contribution >= 4 is 11.3 Å². The molecule has 0 fully saturated rings. The summed E-state index contributed by atoms with van der Waals surface area (Å²) in [6, 6.07) is -0.00463. The summed E-state index contributed by atoms with van der Waals surface area (Å²) in [5.74, 6) is 0. The molecular weight excluding hydrogens is 196 g/mol. The standard InChI is InChI=1S/C7H11F2N3S/c1-3-10-4(2)6-11-12-7(13-6)5(8)9/h4-5,10H,3H2,1-2H3. The molecule has 1 N–H and O–H groups in total. The Balaban J connectivity index is 2.67. The van der Waals surface area contributed by atoms with Gasteiger partial charge in [-0.3, -0.25) is 0 Å². The van der Waals surface area contributed by atoms with Gasteiger partial charge in [0, 0.05) is 0 Å². The minimum atomic E-state index is -2.51. The molecular formula is C7H11F2N3S.